The van der Waals surface area contributed by atoms with Gasteiger partial charge in [0.15, 0.2) is 11.5 Å². The van der Waals surface area contributed by atoms with Crippen molar-refractivity contribution < 1.29 is 17.9 Å². The van der Waals surface area contributed by atoms with E-state index < -0.39 is 9.84 Å². The number of ether oxygens (including phenoxy) is 2. The molecule has 6 heteroatoms. The average Bonchev–Trinajstić information content (AvgIpc) is 2.77. The third kappa shape index (κ3) is 5.53. The zero-order valence-corrected chi connectivity index (χ0v) is 18.2. The molecule has 0 radical (unpaired) electrons. The number of rotatable bonds is 8. The van der Waals surface area contributed by atoms with Crippen LogP contribution in [0, 0.1) is 18.3 Å². The molecule has 3 rings (SSSR count). The monoisotopic (exact) mass is 433 g/mol. The van der Waals surface area contributed by atoms with Crippen LogP contribution in [0.2, 0.25) is 0 Å². The van der Waals surface area contributed by atoms with E-state index in [0.29, 0.717) is 30.3 Å². The minimum Gasteiger partial charge on any atom is -0.490 e. The summed E-state index contributed by atoms with van der Waals surface area (Å²) >= 11 is 0. The Morgan fingerprint density at radius 2 is 1.74 bits per heavy atom. The first kappa shape index (κ1) is 22.1. The van der Waals surface area contributed by atoms with Gasteiger partial charge in [-0.3, -0.25) is 0 Å². The molecule has 0 amide bonds. The van der Waals surface area contributed by atoms with Crippen molar-refractivity contribution in [2.45, 2.75) is 25.3 Å². The number of nitriles is 1. The van der Waals surface area contributed by atoms with Crippen LogP contribution in [-0.2, 0) is 16.4 Å². The normalized spacial score (nSPS) is 11.6. The fourth-order valence-corrected chi connectivity index (χ4v) is 4.19. The molecule has 0 fully saturated rings. The molecule has 31 heavy (non-hydrogen) atoms. The molecule has 5 nitrogen and oxygen atoms in total. The third-order valence-electron chi connectivity index (χ3n) is 4.50. The summed E-state index contributed by atoms with van der Waals surface area (Å²) in [7, 11) is -3.91. The highest BCUT2D eigenvalue weighted by molar-refractivity contribution is 7.95. The Bertz CT molecular complexity index is 1230. The van der Waals surface area contributed by atoms with Gasteiger partial charge in [-0.25, -0.2) is 8.42 Å². The molecular formula is C25H23NO4S. The van der Waals surface area contributed by atoms with E-state index in [2.05, 4.69) is 0 Å². The van der Waals surface area contributed by atoms with Crippen molar-refractivity contribution in [1.29, 1.82) is 5.26 Å². The van der Waals surface area contributed by atoms with Crippen molar-refractivity contribution in [2.24, 2.45) is 0 Å². The second-order valence-corrected chi connectivity index (χ2v) is 8.77. The third-order valence-corrected chi connectivity index (χ3v) is 6.18. The molecule has 0 bridgehead atoms. The van der Waals surface area contributed by atoms with Crippen LogP contribution < -0.4 is 9.47 Å². The van der Waals surface area contributed by atoms with Crippen LogP contribution in [0.5, 0.6) is 11.5 Å². The molecule has 0 aliphatic carbocycles. The lowest BCUT2D eigenvalue weighted by Crippen LogP contribution is -2.03. The lowest BCUT2D eigenvalue weighted by molar-refractivity contribution is 0.269. The first-order valence-electron chi connectivity index (χ1n) is 9.81. The summed E-state index contributed by atoms with van der Waals surface area (Å²) in [5.41, 5.74) is 2.71. The zero-order chi connectivity index (χ0) is 22.3. The Labute approximate surface area is 183 Å². The second-order valence-electron chi connectivity index (χ2n) is 6.85. The van der Waals surface area contributed by atoms with Gasteiger partial charge in [-0.1, -0.05) is 54.1 Å². The zero-order valence-electron chi connectivity index (χ0n) is 17.4. The summed E-state index contributed by atoms with van der Waals surface area (Å²) in [5, 5.41) is 9.49. The van der Waals surface area contributed by atoms with Gasteiger partial charge in [0.1, 0.15) is 17.6 Å². The molecule has 0 aromatic heterocycles. The number of sulfone groups is 1. The molecule has 0 saturated heterocycles. The van der Waals surface area contributed by atoms with E-state index in [0.717, 1.165) is 11.1 Å². The molecule has 0 spiro atoms. The van der Waals surface area contributed by atoms with Crippen LogP contribution in [0.3, 0.4) is 0 Å². The predicted molar refractivity (Wildman–Crippen MR) is 120 cm³/mol. The minimum absolute atomic E-state index is 0.0749. The Kier molecular flexibility index (Phi) is 7.11. The van der Waals surface area contributed by atoms with Gasteiger partial charge in [0.2, 0.25) is 9.84 Å². The molecule has 3 aromatic carbocycles. The Balaban J connectivity index is 1.89. The maximum atomic E-state index is 12.8. The SMILES string of the molecule is CCOc1cc(C=C(C#N)S(=O)(=O)c2ccccc2)ccc1OCc1cccc(C)c1. The standard InChI is InChI=1S/C25H23NO4S/c1-3-29-25-16-20(12-13-24(25)30-18-21-9-7-8-19(2)14-21)15-23(17-26)31(27,28)22-10-5-4-6-11-22/h4-16H,3,18H2,1-2H3. The fourth-order valence-electron chi connectivity index (χ4n) is 3.01. The topological polar surface area (TPSA) is 76.4 Å². The lowest BCUT2D eigenvalue weighted by Gasteiger charge is -2.13. The number of benzene rings is 3. The first-order chi connectivity index (χ1) is 14.9. The molecule has 0 unspecified atom stereocenters. The van der Waals surface area contributed by atoms with Crippen molar-refractivity contribution in [3.05, 3.63) is 94.4 Å². The summed E-state index contributed by atoms with van der Waals surface area (Å²) in [6.07, 6.45) is 1.34. The first-order valence-corrected chi connectivity index (χ1v) is 11.3. The number of hydrogen-bond donors (Lipinski definition) is 0. The van der Waals surface area contributed by atoms with E-state index in [9.17, 15) is 13.7 Å². The minimum atomic E-state index is -3.91. The number of allylic oxidation sites excluding steroid dienone is 1. The van der Waals surface area contributed by atoms with E-state index >= 15 is 0 Å². The number of aryl methyl sites for hydroxylation is 1. The summed E-state index contributed by atoms with van der Waals surface area (Å²) in [6, 6.07) is 22.8. The van der Waals surface area contributed by atoms with E-state index in [4.69, 9.17) is 9.47 Å². The summed E-state index contributed by atoms with van der Waals surface area (Å²) in [6.45, 7) is 4.67. The van der Waals surface area contributed by atoms with Crippen molar-refractivity contribution in [3.63, 3.8) is 0 Å². The van der Waals surface area contributed by atoms with E-state index in [1.54, 1.807) is 36.4 Å². The fraction of sp³-hybridized carbons (Fsp3) is 0.160. The van der Waals surface area contributed by atoms with E-state index in [1.165, 1.54) is 18.2 Å². The average molecular weight is 434 g/mol. The highest BCUT2D eigenvalue weighted by Crippen LogP contribution is 2.31. The van der Waals surface area contributed by atoms with Gasteiger partial charge in [0.05, 0.1) is 11.5 Å². The quantitative estimate of drug-likeness (QED) is 0.450. The van der Waals surface area contributed by atoms with Crippen LogP contribution in [0.15, 0.2) is 82.6 Å². The Morgan fingerprint density at radius 1 is 0.968 bits per heavy atom. The summed E-state index contributed by atoms with van der Waals surface area (Å²) in [4.78, 5) is -0.263. The molecule has 158 valence electrons. The van der Waals surface area contributed by atoms with Gasteiger partial charge < -0.3 is 9.47 Å². The van der Waals surface area contributed by atoms with Crippen molar-refractivity contribution in [2.75, 3.05) is 6.61 Å². The maximum absolute atomic E-state index is 12.8. The van der Waals surface area contributed by atoms with Gasteiger partial charge in [0, 0.05) is 0 Å². The van der Waals surface area contributed by atoms with Gasteiger partial charge in [0.25, 0.3) is 0 Å². The van der Waals surface area contributed by atoms with Crippen LogP contribution in [0.4, 0.5) is 0 Å². The van der Waals surface area contributed by atoms with E-state index in [1.807, 2.05) is 44.2 Å². The highest BCUT2D eigenvalue weighted by atomic mass is 32.2. The summed E-state index contributed by atoms with van der Waals surface area (Å²) in [5.74, 6) is 1.03. The van der Waals surface area contributed by atoms with Crippen molar-refractivity contribution in [1.82, 2.24) is 0 Å². The Morgan fingerprint density at radius 3 is 2.42 bits per heavy atom. The van der Waals surface area contributed by atoms with Crippen molar-refractivity contribution >= 4 is 15.9 Å². The highest BCUT2D eigenvalue weighted by Gasteiger charge is 2.20. The van der Waals surface area contributed by atoms with Gasteiger partial charge in [-0.15, -0.1) is 0 Å². The Hall–Kier alpha value is -3.56. The second kappa shape index (κ2) is 9.96. The molecule has 3 aromatic rings. The molecule has 0 aliphatic heterocycles. The number of nitrogens with zero attached hydrogens (tertiary/aromatic N) is 1. The van der Waals surface area contributed by atoms with Crippen molar-refractivity contribution in [3.8, 4) is 17.6 Å². The van der Waals surface area contributed by atoms with Gasteiger partial charge in [-0.2, -0.15) is 5.26 Å². The molecule has 0 aliphatic rings. The summed E-state index contributed by atoms with van der Waals surface area (Å²) < 4.78 is 37.2. The molecule has 0 atom stereocenters. The number of hydrogen-bond acceptors (Lipinski definition) is 5. The van der Waals surface area contributed by atoms with Crippen LogP contribution in [-0.4, -0.2) is 15.0 Å². The van der Waals surface area contributed by atoms with Crippen LogP contribution >= 0.6 is 0 Å². The van der Waals surface area contributed by atoms with E-state index in [-0.39, 0.29) is 9.80 Å². The predicted octanol–water partition coefficient (Wildman–Crippen LogP) is 5.31. The maximum Gasteiger partial charge on any atom is 0.216 e. The van der Waals surface area contributed by atoms with Crippen LogP contribution in [0.1, 0.15) is 23.6 Å². The molecule has 0 heterocycles. The molecule has 0 saturated carbocycles. The van der Waals surface area contributed by atoms with Gasteiger partial charge in [-0.05, 0) is 55.3 Å². The molecule has 0 N–H and O–H groups in total. The molecular weight excluding hydrogens is 410 g/mol. The lowest BCUT2D eigenvalue weighted by atomic mass is 10.1. The smallest absolute Gasteiger partial charge is 0.216 e. The van der Waals surface area contributed by atoms with Crippen LogP contribution in [0.25, 0.3) is 6.08 Å². The van der Waals surface area contributed by atoms with Gasteiger partial charge >= 0.3 is 0 Å². The largest absolute Gasteiger partial charge is 0.490 e.